The lowest BCUT2D eigenvalue weighted by Gasteiger charge is -2.11. The van der Waals surface area contributed by atoms with Gasteiger partial charge in [0.05, 0.1) is 7.11 Å². The molecular weight excluding hydrogens is 316 g/mol. The Labute approximate surface area is 138 Å². The summed E-state index contributed by atoms with van der Waals surface area (Å²) in [5.74, 6) is 0.250. The molecule has 1 atom stereocenters. The number of aromatic nitrogens is 2. The van der Waals surface area contributed by atoms with Gasteiger partial charge in [-0.2, -0.15) is 0 Å². The molecule has 2 N–H and O–H groups in total. The number of nitrogens with zero attached hydrogens (tertiary/aromatic N) is 2. The average molecular weight is 334 g/mol. The van der Waals surface area contributed by atoms with Crippen molar-refractivity contribution in [2.24, 2.45) is 0 Å². The highest BCUT2D eigenvalue weighted by Gasteiger charge is 2.17. The van der Waals surface area contributed by atoms with Crippen molar-refractivity contribution in [1.29, 1.82) is 0 Å². The number of benzene rings is 1. The second kappa shape index (κ2) is 7.68. The van der Waals surface area contributed by atoms with Crippen molar-refractivity contribution >= 4 is 28.3 Å². The lowest BCUT2D eigenvalue weighted by molar-refractivity contribution is -0.125. The molecule has 7 nitrogen and oxygen atoms in total. The maximum Gasteiger partial charge on any atom is 0.248 e. The fourth-order valence-electron chi connectivity index (χ4n) is 1.75. The summed E-state index contributed by atoms with van der Waals surface area (Å²) in [6, 6.07) is 6.77. The molecule has 1 aromatic heterocycles. The van der Waals surface area contributed by atoms with Crippen molar-refractivity contribution in [1.82, 2.24) is 15.5 Å². The lowest BCUT2D eigenvalue weighted by atomic mass is 10.2. The van der Waals surface area contributed by atoms with Crippen molar-refractivity contribution in [2.75, 3.05) is 12.4 Å². The van der Waals surface area contributed by atoms with Crippen molar-refractivity contribution in [3.05, 3.63) is 24.3 Å². The van der Waals surface area contributed by atoms with Gasteiger partial charge in [0.1, 0.15) is 16.8 Å². The van der Waals surface area contributed by atoms with E-state index in [2.05, 4.69) is 20.8 Å². The van der Waals surface area contributed by atoms with Gasteiger partial charge in [0.2, 0.25) is 16.9 Å². The van der Waals surface area contributed by atoms with Crippen LogP contribution in [0.1, 0.15) is 20.3 Å². The molecule has 2 rings (SSSR count). The van der Waals surface area contributed by atoms with E-state index < -0.39 is 6.04 Å². The quantitative estimate of drug-likeness (QED) is 0.843. The topological polar surface area (TPSA) is 93.2 Å². The summed E-state index contributed by atoms with van der Waals surface area (Å²) in [6.45, 7) is 3.35. The summed E-state index contributed by atoms with van der Waals surface area (Å²) in [5.41, 5.74) is 0.885. The first kappa shape index (κ1) is 16.9. The molecule has 1 aromatic carbocycles. The maximum atomic E-state index is 12.0. The van der Waals surface area contributed by atoms with E-state index in [0.717, 1.165) is 11.3 Å². The van der Waals surface area contributed by atoms with E-state index >= 15 is 0 Å². The third kappa shape index (κ3) is 4.49. The first-order chi connectivity index (χ1) is 11.0. The van der Waals surface area contributed by atoms with Gasteiger partial charge in [0.25, 0.3) is 0 Å². The molecule has 2 aromatic rings. The number of anilines is 1. The zero-order valence-electron chi connectivity index (χ0n) is 13.1. The summed E-state index contributed by atoms with van der Waals surface area (Å²) in [4.78, 5) is 23.3. The molecule has 0 saturated heterocycles. The first-order valence-electron chi connectivity index (χ1n) is 7.11. The zero-order valence-corrected chi connectivity index (χ0v) is 13.9. The van der Waals surface area contributed by atoms with Crippen molar-refractivity contribution in [2.45, 2.75) is 26.3 Å². The Bertz CT molecular complexity index is 684. The van der Waals surface area contributed by atoms with Crippen LogP contribution >= 0.6 is 11.3 Å². The minimum Gasteiger partial charge on any atom is -0.497 e. The van der Waals surface area contributed by atoms with E-state index in [4.69, 9.17) is 4.74 Å². The largest absolute Gasteiger partial charge is 0.497 e. The number of amides is 2. The van der Waals surface area contributed by atoms with Crippen molar-refractivity contribution in [3.8, 4) is 16.3 Å². The smallest absolute Gasteiger partial charge is 0.248 e. The van der Waals surface area contributed by atoms with Crippen LogP contribution in [0.4, 0.5) is 5.13 Å². The van der Waals surface area contributed by atoms with Crippen LogP contribution < -0.4 is 15.4 Å². The molecule has 0 saturated carbocycles. The van der Waals surface area contributed by atoms with Crippen LogP contribution in [0.3, 0.4) is 0 Å². The van der Waals surface area contributed by atoms with Crippen LogP contribution in [0.5, 0.6) is 5.75 Å². The molecule has 0 bridgehead atoms. The Morgan fingerprint density at radius 3 is 2.57 bits per heavy atom. The van der Waals surface area contributed by atoms with Gasteiger partial charge in [0.15, 0.2) is 0 Å². The van der Waals surface area contributed by atoms with Crippen LogP contribution in [0.2, 0.25) is 0 Å². The summed E-state index contributed by atoms with van der Waals surface area (Å²) in [7, 11) is 1.60. The van der Waals surface area contributed by atoms with Gasteiger partial charge in [-0.1, -0.05) is 18.3 Å². The Balaban J connectivity index is 2.01. The summed E-state index contributed by atoms with van der Waals surface area (Å²) in [5, 5.41) is 14.3. The number of methoxy groups -OCH3 is 1. The van der Waals surface area contributed by atoms with Crippen molar-refractivity contribution in [3.63, 3.8) is 0 Å². The number of nitrogens with one attached hydrogen (secondary N) is 2. The van der Waals surface area contributed by atoms with Crippen molar-refractivity contribution < 1.29 is 14.3 Å². The molecule has 1 unspecified atom stereocenters. The predicted molar refractivity (Wildman–Crippen MR) is 88.4 cm³/mol. The molecule has 0 fully saturated rings. The van der Waals surface area contributed by atoms with E-state index in [1.807, 2.05) is 24.3 Å². The summed E-state index contributed by atoms with van der Waals surface area (Å²) < 4.78 is 5.11. The monoisotopic (exact) mass is 334 g/mol. The van der Waals surface area contributed by atoms with Gasteiger partial charge in [-0.25, -0.2) is 0 Å². The fourth-order valence-corrected chi connectivity index (χ4v) is 2.50. The number of hydrogen-bond acceptors (Lipinski definition) is 6. The first-order valence-corrected chi connectivity index (χ1v) is 7.93. The molecule has 2 amide bonds. The molecule has 8 heteroatoms. The van der Waals surface area contributed by atoms with E-state index in [9.17, 15) is 9.59 Å². The van der Waals surface area contributed by atoms with Gasteiger partial charge in [0, 0.05) is 12.0 Å². The van der Waals surface area contributed by atoms with E-state index in [0.29, 0.717) is 16.6 Å². The SMILES string of the molecule is CCC(=O)NC(C)C(=O)Nc1nnc(-c2ccc(OC)cc2)s1. The zero-order chi connectivity index (χ0) is 16.8. The average Bonchev–Trinajstić information content (AvgIpc) is 3.03. The molecule has 23 heavy (non-hydrogen) atoms. The molecule has 122 valence electrons. The Morgan fingerprint density at radius 2 is 1.96 bits per heavy atom. The fraction of sp³-hybridized carbons (Fsp3) is 0.333. The molecule has 1 heterocycles. The number of ether oxygens (including phenoxy) is 1. The minimum atomic E-state index is -0.629. The van der Waals surface area contributed by atoms with Gasteiger partial charge in [-0.15, -0.1) is 10.2 Å². The van der Waals surface area contributed by atoms with Gasteiger partial charge in [-0.05, 0) is 31.2 Å². The maximum absolute atomic E-state index is 12.0. The molecule has 0 aliphatic heterocycles. The molecule has 0 spiro atoms. The van der Waals surface area contributed by atoms with Gasteiger partial charge < -0.3 is 10.1 Å². The number of carbonyl (C=O) groups excluding carboxylic acids is 2. The Hall–Kier alpha value is -2.48. The molecule has 0 radical (unpaired) electrons. The molecule has 0 aliphatic rings. The standard InChI is InChI=1S/C15H18N4O3S/c1-4-12(20)16-9(2)13(21)17-15-19-18-14(23-15)10-5-7-11(22-3)8-6-10/h5-9H,4H2,1-3H3,(H,16,20)(H,17,19,21). The minimum absolute atomic E-state index is 0.177. The van der Waals surface area contributed by atoms with E-state index in [-0.39, 0.29) is 11.8 Å². The van der Waals surface area contributed by atoms with Gasteiger partial charge >= 0.3 is 0 Å². The molecular formula is C15H18N4O3S. The number of rotatable bonds is 6. The highest BCUT2D eigenvalue weighted by Crippen LogP contribution is 2.27. The predicted octanol–water partition coefficient (Wildman–Crippen LogP) is 2.07. The van der Waals surface area contributed by atoms with Crippen LogP contribution in [0, 0.1) is 0 Å². The third-order valence-corrected chi connectivity index (χ3v) is 3.97. The number of carbonyl (C=O) groups is 2. The van der Waals surface area contributed by atoms with Crippen LogP contribution in [-0.2, 0) is 9.59 Å². The summed E-state index contributed by atoms with van der Waals surface area (Å²) in [6.07, 6.45) is 0.331. The number of hydrogen-bond donors (Lipinski definition) is 2. The van der Waals surface area contributed by atoms with Gasteiger partial charge in [-0.3, -0.25) is 14.9 Å². The second-order valence-corrected chi connectivity index (χ2v) is 5.75. The highest BCUT2D eigenvalue weighted by atomic mass is 32.1. The van der Waals surface area contributed by atoms with E-state index in [1.165, 1.54) is 11.3 Å². The van der Waals surface area contributed by atoms with E-state index in [1.54, 1.807) is 21.0 Å². The Kier molecular flexibility index (Phi) is 5.64. The highest BCUT2D eigenvalue weighted by molar-refractivity contribution is 7.18. The van der Waals surface area contributed by atoms with Crippen LogP contribution in [0.15, 0.2) is 24.3 Å². The normalized spacial score (nSPS) is 11.6. The van der Waals surface area contributed by atoms with Crippen LogP contribution in [-0.4, -0.2) is 35.2 Å². The summed E-state index contributed by atoms with van der Waals surface area (Å²) >= 11 is 1.26. The Morgan fingerprint density at radius 1 is 1.26 bits per heavy atom. The third-order valence-electron chi connectivity index (χ3n) is 3.08. The lowest BCUT2D eigenvalue weighted by Crippen LogP contribution is -2.41. The molecule has 0 aliphatic carbocycles. The second-order valence-electron chi connectivity index (χ2n) is 4.77. The van der Waals surface area contributed by atoms with Crippen LogP contribution in [0.25, 0.3) is 10.6 Å².